The quantitative estimate of drug-likeness (QED) is 0.252. The van der Waals surface area contributed by atoms with Gasteiger partial charge in [-0.3, -0.25) is 9.59 Å². The summed E-state index contributed by atoms with van der Waals surface area (Å²) in [4.78, 5) is 31.5. The third-order valence-electron chi connectivity index (χ3n) is 7.12. The number of amides is 2. The minimum atomic E-state index is -0.251. The molecule has 1 fully saturated rings. The lowest BCUT2D eigenvalue weighted by Crippen LogP contribution is -2.47. The highest BCUT2D eigenvalue weighted by molar-refractivity contribution is 7.12. The Morgan fingerprint density at radius 2 is 1.87 bits per heavy atom. The minimum absolute atomic E-state index is 0.0206. The van der Waals surface area contributed by atoms with Crippen LogP contribution in [0.4, 0.5) is 4.39 Å². The molecule has 0 radical (unpaired) electrons. The fourth-order valence-electron chi connectivity index (χ4n) is 5.09. The molecule has 3 aromatic rings. The third kappa shape index (κ3) is 7.77. The lowest BCUT2D eigenvalue weighted by Gasteiger charge is -2.36. The molecule has 0 atom stereocenters. The molecule has 0 saturated heterocycles. The maximum Gasteiger partial charge on any atom is 0.264 e. The number of aromatic nitrogens is 1. The van der Waals surface area contributed by atoms with Crippen LogP contribution in [0.2, 0.25) is 0 Å². The van der Waals surface area contributed by atoms with E-state index in [9.17, 15) is 14.0 Å². The first kappa shape index (κ1) is 28.0. The first-order chi connectivity index (χ1) is 18.5. The number of nitrogens with zero attached hydrogens (tertiary/aromatic N) is 3. The van der Waals surface area contributed by atoms with Gasteiger partial charge in [0.15, 0.2) is 0 Å². The van der Waals surface area contributed by atoms with Crippen molar-refractivity contribution in [2.24, 2.45) is 0 Å². The second-order valence-corrected chi connectivity index (χ2v) is 10.8. The van der Waals surface area contributed by atoms with Gasteiger partial charge in [-0.2, -0.15) is 0 Å². The minimum Gasteiger partial charge on any atom is -0.382 e. The number of hydrogen-bond acceptors (Lipinski definition) is 4. The van der Waals surface area contributed by atoms with E-state index in [4.69, 9.17) is 4.74 Å². The zero-order chi connectivity index (χ0) is 26.7. The Hall–Kier alpha value is -2.97. The number of thiophene rings is 1. The highest BCUT2D eigenvalue weighted by Gasteiger charge is 2.29. The van der Waals surface area contributed by atoms with Crippen molar-refractivity contribution in [3.8, 4) is 0 Å². The number of hydrogen-bond donors (Lipinski definition) is 0. The van der Waals surface area contributed by atoms with E-state index >= 15 is 0 Å². The standard InChI is InChI=1S/C30H38FN3O3S/c1-2-37-19-8-18-33(30(36)28-12-7-20-38-28)23-29(35)34(26-9-4-3-5-10-26)22-27-11-6-17-32(27)21-24-13-15-25(31)16-14-24/h6-7,11-17,20,26H,2-5,8-10,18-19,21-23H2,1H3. The van der Waals surface area contributed by atoms with E-state index in [0.717, 1.165) is 36.9 Å². The summed E-state index contributed by atoms with van der Waals surface area (Å²) < 4.78 is 21.0. The van der Waals surface area contributed by atoms with E-state index in [1.54, 1.807) is 17.0 Å². The van der Waals surface area contributed by atoms with Crippen LogP contribution in [0.15, 0.2) is 60.1 Å². The largest absolute Gasteiger partial charge is 0.382 e. The molecule has 0 N–H and O–H groups in total. The summed E-state index contributed by atoms with van der Waals surface area (Å²) in [6.07, 6.45) is 8.06. The maximum atomic E-state index is 13.9. The molecular weight excluding hydrogens is 501 g/mol. The molecule has 4 rings (SSSR count). The van der Waals surface area contributed by atoms with Crippen LogP contribution < -0.4 is 0 Å². The van der Waals surface area contributed by atoms with Crippen LogP contribution in [0.5, 0.6) is 0 Å². The molecule has 2 amide bonds. The van der Waals surface area contributed by atoms with Gasteiger partial charge < -0.3 is 19.1 Å². The van der Waals surface area contributed by atoms with Crippen molar-refractivity contribution in [1.82, 2.24) is 14.4 Å². The van der Waals surface area contributed by atoms with Gasteiger partial charge in [0.05, 0.1) is 11.4 Å². The molecule has 0 unspecified atom stereocenters. The second kappa shape index (κ2) is 14.3. The number of carbonyl (C=O) groups excluding carboxylic acids is 2. The van der Waals surface area contributed by atoms with Crippen molar-refractivity contribution >= 4 is 23.2 Å². The van der Waals surface area contributed by atoms with Crippen LogP contribution in [0, 0.1) is 5.82 Å². The van der Waals surface area contributed by atoms with Crippen LogP contribution in [-0.4, -0.2) is 58.5 Å². The lowest BCUT2D eigenvalue weighted by atomic mass is 9.94. The molecule has 0 bridgehead atoms. The van der Waals surface area contributed by atoms with Gasteiger partial charge in [0.25, 0.3) is 5.91 Å². The summed E-state index contributed by atoms with van der Waals surface area (Å²) in [5.41, 5.74) is 2.03. The smallest absolute Gasteiger partial charge is 0.264 e. The van der Waals surface area contributed by atoms with Crippen LogP contribution in [0.1, 0.15) is 66.4 Å². The summed E-state index contributed by atoms with van der Waals surface area (Å²) in [5, 5.41) is 1.89. The van der Waals surface area contributed by atoms with E-state index < -0.39 is 0 Å². The van der Waals surface area contributed by atoms with E-state index in [-0.39, 0.29) is 30.2 Å². The normalized spacial score (nSPS) is 13.9. The Labute approximate surface area is 229 Å². The Bertz CT molecular complexity index is 1140. The summed E-state index contributed by atoms with van der Waals surface area (Å²) in [6, 6.07) is 14.4. The Morgan fingerprint density at radius 3 is 2.58 bits per heavy atom. The molecule has 0 spiro atoms. The van der Waals surface area contributed by atoms with Gasteiger partial charge in [-0.25, -0.2) is 4.39 Å². The molecule has 0 aliphatic heterocycles. The van der Waals surface area contributed by atoms with Gasteiger partial charge in [0, 0.05) is 44.2 Å². The van der Waals surface area contributed by atoms with Crippen LogP contribution in [0.25, 0.3) is 0 Å². The zero-order valence-electron chi connectivity index (χ0n) is 22.2. The molecule has 1 saturated carbocycles. The first-order valence-corrected chi connectivity index (χ1v) is 14.5. The summed E-state index contributed by atoms with van der Waals surface area (Å²) in [6.45, 7) is 4.76. The molecule has 204 valence electrons. The predicted octanol–water partition coefficient (Wildman–Crippen LogP) is 5.97. The van der Waals surface area contributed by atoms with Crippen LogP contribution in [-0.2, 0) is 22.6 Å². The fraction of sp³-hybridized carbons (Fsp3) is 0.467. The molecule has 6 nitrogen and oxygen atoms in total. The average molecular weight is 540 g/mol. The highest BCUT2D eigenvalue weighted by atomic mass is 32.1. The number of benzene rings is 1. The molecule has 38 heavy (non-hydrogen) atoms. The van der Waals surface area contributed by atoms with Crippen molar-refractivity contribution in [3.63, 3.8) is 0 Å². The number of halogens is 1. The van der Waals surface area contributed by atoms with E-state index in [1.165, 1.54) is 29.9 Å². The number of ether oxygens (including phenoxy) is 1. The Morgan fingerprint density at radius 1 is 1.08 bits per heavy atom. The molecule has 1 aliphatic rings. The van der Waals surface area contributed by atoms with Gasteiger partial charge in [-0.15, -0.1) is 11.3 Å². The average Bonchev–Trinajstić information content (AvgIpc) is 3.63. The third-order valence-corrected chi connectivity index (χ3v) is 7.98. The van der Waals surface area contributed by atoms with Gasteiger partial charge in [-0.1, -0.05) is 37.5 Å². The van der Waals surface area contributed by atoms with Crippen LogP contribution in [0.3, 0.4) is 0 Å². The Kier molecular flexibility index (Phi) is 10.5. The molecule has 1 aromatic carbocycles. The van der Waals surface area contributed by atoms with Gasteiger partial charge in [0.1, 0.15) is 12.4 Å². The van der Waals surface area contributed by atoms with Crippen molar-refractivity contribution in [2.45, 2.75) is 64.6 Å². The predicted molar refractivity (Wildman–Crippen MR) is 149 cm³/mol. The summed E-state index contributed by atoms with van der Waals surface area (Å²) >= 11 is 1.40. The zero-order valence-corrected chi connectivity index (χ0v) is 23.0. The maximum absolute atomic E-state index is 13.9. The second-order valence-electron chi connectivity index (χ2n) is 9.82. The van der Waals surface area contributed by atoms with Crippen molar-refractivity contribution in [3.05, 3.63) is 82.1 Å². The molecule has 1 aliphatic carbocycles. The van der Waals surface area contributed by atoms with Crippen LogP contribution >= 0.6 is 11.3 Å². The molecule has 2 heterocycles. The molecular formula is C30H38FN3O3S. The highest BCUT2D eigenvalue weighted by Crippen LogP contribution is 2.25. The van der Waals surface area contributed by atoms with Crippen molar-refractivity contribution in [2.75, 3.05) is 26.3 Å². The van der Waals surface area contributed by atoms with Crippen molar-refractivity contribution < 1.29 is 18.7 Å². The first-order valence-electron chi connectivity index (χ1n) is 13.6. The molecule has 2 aromatic heterocycles. The topological polar surface area (TPSA) is 54.8 Å². The van der Waals surface area contributed by atoms with Gasteiger partial charge in [-0.05, 0) is 67.5 Å². The molecule has 8 heteroatoms. The van der Waals surface area contributed by atoms with E-state index in [1.807, 2.05) is 47.7 Å². The summed E-state index contributed by atoms with van der Waals surface area (Å²) in [7, 11) is 0. The monoisotopic (exact) mass is 539 g/mol. The Balaban J connectivity index is 1.51. The number of rotatable bonds is 13. The van der Waals surface area contributed by atoms with Gasteiger partial charge in [0.2, 0.25) is 5.91 Å². The fourth-order valence-corrected chi connectivity index (χ4v) is 5.78. The van der Waals surface area contributed by atoms with E-state index in [2.05, 4.69) is 4.57 Å². The van der Waals surface area contributed by atoms with Gasteiger partial charge >= 0.3 is 0 Å². The lowest BCUT2D eigenvalue weighted by molar-refractivity contribution is -0.135. The van der Waals surface area contributed by atoms with Crippen molar-refractivity contribution in [1.29, 1.82) is 0 Å². The van der Waals surface area contributed by atoms with E-state index in [0.29, 0.717) is 44.1 Å². The summed E-state index contributed by atoms with van der Waals surface area (Å²) in [5.74, 6) is -0.376. The SMILES string of the molecule is CCOCCCN(CC(=O)N(Cc1cccn1Cc1ccc(F)cc1)C1CCCCC1)C(=O)c1cccs1. The number of carbonyl (C=O) groups is 2.